The Bertz CT molecular complexity index is 927. The highest BCUT2D eigenvalue weighted by Crippen LogP contribution is 2.47. The van der Waals surface area contributed by atoms with Gasteiger partial charge in [0.2, 0.25) is 0 Å². The van der Waals surface area contributed by atoms with E-state index >= 15 is 0 Å². The zero-order valence-electron chi connectivity index (χ0n) is 17.2. The molecule has 2 aliphatic heterocycles. The summed E-state index contributed by atoms with van der Waals surface area (Å²) in [6, 6.07) is 10.6. The van der Waals surface area contributed by atoms with Crippen LogP contribution in [0.25, 0.3) is 0 Å². The predicted molar refractivity (Wildman–Crippen MR) is 116 cm³/mol. The maximum Gasteiger partial charge on any atom is 0.326 e. The topological polar surface area (TPSA) is 35.6 Å². The van der Waals surface area contributed by atoms with Crippen molar-refractivity contribution in [3.63, 3.8) is 0 Å². The molecule has 1 N–H and O–H groups in total. The second-order valence-corrected chi connectivity index (χ2v) is 8.31. The van der Waals surface area contributed by atoms with Gasteiger partial charge in [0.15, 0.2) is 0 Å². The predicted octanol–water partition coefficient (Wildman–Crippen LogP) is 5.01. The molecule has 1 fully saturated rings. The first-order valence-corrected chi connectivity index (χ1v) is 10.2. The minimum atomic E-state index is -0.242. The number of nitrogens with one attached hydrogen (secondary N) is 1. The first-order chi connectivity index (χ1) is 13.9. The van der Waals surface area contributed by atoms with Crippen LogP contribution in [0.2, 0.25) is 0 Å². The van der Waals surface area contributed by atoms with E-state index in [1.165, 1.54) is 6.07 Å². The molecule has 4 rings (SSSR count). The van der Waals surface area contributed by atoms with Crippen molar-refractivity contribution in [3.05, 3.63) is 71.6 Å². The Hall–Kier alpha value is -2.66. The number of hydrogen-bond acceptors (Lipinski definition) is 2. The van der Waals surface area contributed by atoms with E-state index in [1.807, 2.05) is 38.1 Å². The Labute approximate surface area is 172 Å². The van der Waals surface area contributed by atoms with Gasteiger partial charge in [0.1, 0.15) is 5.82 Å². The van der Waals surface area contributed by atoms with Crippen LogP contribution >= 0.6 is 0 Å². The van der Waals surface area contributed by atoms with E-state index in [1.54, 1.807) is 17.0 Å². The summed E-state index contributed by atoms with van der Waals surface area (Å²) < 4.78 is 14.1. The first-order valence-electron chi connectivity index (χ1n) is 10.2. The lowest BCUT2D eigenvalue weighted by Crippen LogP contribution is -2.46. The highest BCUT2D eigenvalue weighted by molar-refractivity contribution is 6.04. The summed E-state index contributed by atoms with van der Waals surface area (Å²) in [4.78, 5) is 17.4. The van der Waals surface area contributed by atoms with E-state index < -0.39 is 0 Å². The second-order valence-electron chi connectivity index (χ2n) is 8.31. The molecule has 0 bridgehead atoms. The number of likely N-dealkylation sites (tertiary alicyclic amines) is 1. The fraction of sp³-hybridized carbons (Fsp3) is 0.375. The monoisotopic (exact) mass is 393 g/mol. The van der Waals surface area contributed by atoms with Crippen LogP contribution in [0.5, 0.6) is 0 Å². The van der Waals surface area contributed by atoms with Crippen molar-refractivity contribution in [2.24, 2.45) is 0 Å². The van der Waals surface area contributed by atoms with Crippen LogP contribution in [0.3, 0.4) is 0 Å². The minimum absolute atomic E-state index is 0.152. The van der Waals surface area contributed by atoms with Crippen LogP contribution in [-0.4, -0.2) is 37.1 Å². The van der Waals surface area contributed by atoms with Crippen LogP contribution in [0.4, 0.5) is 20.6 Å². The largest absolute Gasteiger partial charge is 0.326 e. The molecule has 4 nitrogen and oxygen atoms in total. The molecule has 0 atom stereocenters. The molecule has 2 aromatic carbocycles. The maximum absolute atomic E-state index is 14.1. The molecule has 152 valence electrons. The van der Waals surface area contributed by atoms with Gasteiger partial charge in [-0.15, -0.1) is 6.58 Å². The van der Waals surface area contributed by atoms with Gasteiger partial charge in [0.05, 0.1) is 0 Å². The Morgan fingerprint density at radius 2 is 1.90 bits per heavy atom. The molecule has 2 aliphatic rings. The number of halogens is 1. The van der Waals surface area contributed by atoms with Crippen LogP contribution in [-0.2, 0) is 5.41 Å². The van der Waals surface area contributed by atoms with Gasteiger partial charge < -0.3 is 5.32 Å². The molecular weight excluding hydrogens is 365 g/mol. The third-order valence-electron chi connectivity index (χ3n) is 6.44. The van der Waals surface area contributed by atoms with Crippen molar-refractivity contribution in [1.82, 2.24) is 4.90 Å². The lowest BCUT2D eigenvalue weighted by molar-refractivity contribution is 0.180. The molecule has 2 aromatic rings. The Balaban J connectivity index is 1.63. The summed E-state index contributed by atoms with van der Waals surface area (Å²) in [7, 11) is 0. The first kappa shape index (κ1) is 19.6. The quantitative estimate of drug-likeness (QED) is 0.744. The van der Waals surface area contributed by atoms with E-state index in [9.17, 15) is 9.18 Å². The summed E-state index contributed by atoms with van der Waals surface area (Å²) in [5.74, 6) is -0.242. The van der Waals surface area contributed by atoms with E-state index in [4.69, 9.17) is 0 Å². The SMILES string of the molecule is C=CCN1CCC2(CC1)CN(C(=O)Nc1c(C)cccc1C)c1ccc(F)cc12. The molecule has 0 saturated carbocycles. The average Bonchev–Trinajstić information content (AvgIpc) is 3.00. The summed E-state index contributed by atoms with van der Waals surface area (Å²) in [5, 5.41) is 3.10. The van der Waals surface area contributed by atoms with Crippen molar-refractivity contribution in [1.29, 1.82) is 0 Å². The molecule has 1 spiro atoms. The number of fused-ring (bicyclic) bond motifs is 2. The number of para-hydroxylation sites is 1. The number of amides is 2. The number of hydrogen-bond donors (Lipinski definition) is 1. The number of anilines is 2. The van der Waals surface area contributed by atoms with E-state index in [0.717, 1.165) is 60.5 Å². The standard InChI is InChI=1S/C24H28FN3O/c1-4-12-27-13-10-24(11-14-27)16-28(21-9-8-19(25)15-20(21)24)23(29)26-22-17(2)6-5-7-18(22)3/h4-9,15H,1,10-14,16H2,2-3H3,(H,26,29). The molecular formula is C24H28FN3O. The van der Waals surface area contributed by atoms with Gasteiger partial charge in [0, 0.05) is 29.9 Å². The number of benzene rings is 2. The average molecular weight is 394 g/mol. The molecule has 0 radical (unpaired) electrons. The number of carbonyl (C=O) groups excluding carboxylic acids is 1. The van der Waals surface area contributed by atoms with E-state index in [0.29, 0.717) is 6.54 Å². The summed E-state index contributed by atoms with van der Waals surface area (Å²) in [6.45, 7) is 11.1. The highest BCUT2D eigenvalue weighted by atomic mass is 19.1. The van der Waals surface area contributed by atoms with Crippen molar-refractivity contribution in [2.75, 3.05) is 36.4 Å². The summed E-state index contributed by atoms with van der Waals surface area (Å²) in [6.07, 6.45) is 3.74. The zero-order chi connectivity index (χ0) is 20.6. The van der Waals surface area contributed by atoms with Crippen LogP contribution in [0.1, 0.15) is 29.5 Å². The molecule has 29 heavy (non-hydrogen) atoms. The second kappa shape index (κ2) is 7.64. The fourth-order valence-electron chi connectivity index (χ4n) is 4.78. The summed E-state index contributed by atoms with van der Waals surface area (Å²) >= 11 is 0. The fourth-order valence-corrected chi connectivity index (χ4v) is 4.78. The number of piperidine rings is 1. The van der Waals surface area contributed by atoms with Gasteiger partial charge in [-0.3, -0.25) is 9.80 Å². The van der Waals surface area contributed by atoms with Gasteiger partial charge in [-0.2, -0.15) is 0 Å². The Morgan fingerprint density at radius 1 is 1.21 bits per heavy atom. The third kappa shape index (κ3) is 3.55. The highest BCUT2D eigenvalue weighted by Gasteiger charge is 2.46. The molecule has 0 unspecified atom stereocenters. The number of nitrogens with zero attached hydrogens (tertiary/aromatic N) is 2. The third-order valence-corrected chi connectivity index (χ3v) is 6.44. The Kier molecular flexibility index (Phi) is 5.17. The lowest BCUT2D eigenvalue weighted by atomic mass is 9.74. The van der Waals surface area contributed by atoms with E-state index in [2.05, 4.69) is 16.8 Å². The van der Waals surface area contributed by atoms with Crippen molar-refractivity contribution in [3.8, 4) is 0 Å². The van der Waals surface area contributed by atoms with Crippen molar-refractivity contribution < 1.29 is 9.18 Å². The smallest absolute Gasteiger partial charge is 0.307 e. The van der Waals surface area contributed by atoms with Gasteiger partial charge in [-0.25, -0.2) is 9.18 Å². The van der Waals surface area contributed by atoms with Crippen molar-refractivity contribution in [2.45, 2.75) is 32.1 Å². The minimum Gasteiger partial charge on any atom is -0.307 e. The van der Waals surface area contributed by atoms with E-state index in [-0.39, 0.29) is 17.3 Å². The van der Waals surface area contributed by atoms with Crippen LogP contribution in [0, 0.1) is 19.7 Å². The number of urea groups is 1. The molecule has 5 heteroatoms. The summed E-state index contributed by atoms with van der Waals surface area (Å²) in [5.41, 5.74) is 4.52. The van der Waals surface area contributed by atoms with Crippen LogP contribution < -0.4 is 10.2 Å². The molecule has 0 aromatic heterocycles. The van der Waals surface area contributed by atoms with Gasteiger partial charge >= 0.3 is 6.03 Å². The maximum atomic E-state index is 14.1. The molecule has 2 heterocycles. The molecule has 1 saturated heterocycles. The molecule has 0 aliphatic carbocycles. The zero-order valence-corrected chi connectivity index (χ0v) is 17.2. The number of aryl methyl sites for hydroxylation is 2. The molecule has 2 amide bonds. The van der Waals surface area contributed by atoms with Crippen molar-refractivity contribution >= 4 is 17.4 Å². The van der Waals surface area contributed by atoms with Gasteiger partial charge in [0.25, 0.3) is 0 Å². The van der Waals surface area contributed by atoms with Gasteiger partial charge in [-0.1, -0.05) is 24.3 Å². The lowest BCUT2D eigenvalue weighted by Gasteiger charge is -2.39. The van der Waals surface area contributed by atoms with Crippen LogP contribution in [0.15, 0.2) is 49.1 Å². The number of carbonyl (C=O) groups is 1. The Morgan fingerprint density at radius 3 is 2.55 bits per heavy atom. The number of rotatable bonds is 3. The normalized spacial score (nSPS) is 18.0. The van der Waals surface area contributed by atoms with Gasteiger partial charge in [-0.05, 0) is 74.7 Å².